The number of alkyl halides is 6. The van der Waals surface area contributed by atoms with Crippen LogP contribution in [0.5, 0.6) is 0 Å². The standard InChI is InChI=1S/C44H92NO20S4Si4.C2F6NO4S2/c1-50-70(51-2,52-3)37-13-29-66-33-17-41(46)62-25-21-45(22-26-63-42(47)18-34-67-30-14-38-71(53-4,54-5)55-6,23-27-64-43(48)19-35-68-31-15-39-72(56-7,57-8)58-9)24-28-65-44(49)20-36-69-32-16-40-73(59-10,60-11)61-12;3-1(4,5)14(10,11)9-15(12,13)2(6,7)8/h13-40H2,1-12H3;/q+1;-1. The molecule has 0 spiro atoms. The van der Waals surface area contributed by atoms with Gasteiger partial charge in [-0.05, 0) is 48.7 Å². The van der Waals surface area contributed by atoms with Crippen molar-refractivity contribution >= 4 is 126 Å². The number of quaternary nitrogens is 1. The van der Waals surface area contributed by atoms with Crippen molar-refractivity contribution in [3.8, 4) is 0 Å². The molecule has 0 aromatic heterocycles. The second kappa shape index (κ2) is 47.9. The maximum Gasteiger partial charge on any atom is 0.500 e. The van der Waals surface area contributed by atoms with Crippen molar-refractivity contribution in [2.24, 2.45) is 0 Å². The average Bonchev–Trinajstić information content (AvgIpc) is 3.32. The summed E-state index contributed by atoms with van der Waals surface area (Å²) < 4.78 is 198. The zero-order valence-electron chi connectivity index (χ0n) is 52.2. The molecular formula is C46H92F6N2O24S6Si4. The van der Waals surface area contributed by atoms with Gasteiger partial charge < -0.3 is 80.7 Å². The van der Waals surface area contributed by atoms with E-state index in [-0.39, 0.29) is 80.5 Å². The molecule has 0 amide bonds. The summed E-state index contributed by atoms with van der Waals surface area (Å²) in [6, 6.07) is 2.65. The Hall–Kier alpha value is -0.932. The Labute approximate surface area is 536 Å². The Morgan fingerprint density at radius 1 is 0.352 bits per heavy atom. The van der Waals surface area contributed by atoms with Gasteiger partial charge in [0.1, 0.15) is 52.6 Å². The van der Waals surface area contributed by atoms with Gasteiger partial charge in [0, 0.05) is 133 Å². The zero-order chi connectivity index (χ0) is 67.5. The number of thioether (sulfide) groups is 4. The van der Waals surface area contributed by atoms with Crippen molar-refractivity contribution in [2.45, 2.75) is 86.6 Å². The summed E-state index contributed by atoms with van der Waals surface area (Å²) in [6.45, 7) is 1.37. The van der Waals surface area contributed by atoms with E-state index < -0.39 is 66.3 Å². The SMILES string of the molecule is CO[Si](CCCSCCC(=O)OCC[N+](CCOC(=O)CCSCCC[Si](OC)(OC)OC)(CCOC(=O)CCSCCC[Si](OC)(OC)OC)CCOC(=O)CCSCCC[Si](OC)(OC)OC)(OC)OC.O=S(=O)([N-]S(=O)(=O)C(F)(F)F)C(F)(F)F. The van der Waals surface area contributed by atoms with Gasteiger partial charge in [-0.3, -0.25) is 19.2 Å². The summed E-state index contributed by atoms with van der Waals surface area (Å²) in [5.41, 5.74) is -12.4. The molecule has 0 bridgehead atoms. The van der Waals surface area contributed by atoms with Gasteiger partial charge in [-0.15, -0.1) is 0 Å². The monoisotopic (exact) mass is 1470 g/mol. The van der Waals surface area contributed by atoms with Gasteiger partial charge in [0.05, 0.1) is 25.7 Å². The molecule has 0 unspecified atom stereocenters. The normalized spacial score (nSPS) is 13.0. The van der Waals surface area contributed by atoms with Crippen molar-refractivity contribution in [3.63, 3.8) is 0 Å². The molecule has 88 heavy (non-hydrogen) atoms. The van der Waals surface area contributed by atoms with Gasteiger partial charge in [-0.2, -0.15) is 73.4 Å². The van der Waals surface area contributed by atoms with Crippen molar-refractivity contribution in [1.82, 2.24) is 0 Å². The number of carbonyl (C=O) groups excluding carboxylic acids is 4. The Bertz CT molecular complexity index is 1850. The lowest BCUT2D eigenvalue weighted by Crippen LogP contribution is -2.56. The molecule has 26 nitrogen and oxygen atoms in total. The summed E-state index contributed by atoms with van der Waals surface area (Å²) in [5, 5.41) is 0. The van der Waals surface area contributed by atoms with E-state index in [1.807, 2.05) is 0 Å². The quantitative estimate of drug-likeness (QED) is 0.0155. The molecule has 42 heteroatoms. The molecular weight excluding hydrogens is 1380 g/mol. The van der Waals surface area contributed by atoms with Crippen molar-refractivity contribution in [3.05, 3.63) is 4.13 Å². The highest BCUT2D eigenvalue weighted by molar-refractivity contribution is 8.13. The summed E-state index contributed by atoms with van der Waals surface area (Å²) in [4.78, 5) is 52.0. The Balaban J connectivity index is 0. The third-order valence-corrected chi connectivity index (χ3v) is 31.1. The van der Waals surface area contributed by atoms with Gasteiger partial charge in [-0.25, -0.2) is 16.8 Å². The summed E-state index contributed by atoms with van der Waals surface area (Å²) in [5.74, 6) is 4.04. The number of hydrogen-bond donors (Lipinski definition) is 0. The van der Waals surface area contributed by atoms with Crippen molar-refractivity contribution in [2.75, 3.05) is 184 Å². The molecule has 0 rings (SSSR count). The first-order valence-electron chi connectivity index (χ1n) is 27.1. The van der Waals surface area contributed by atoms with Crippen LogP contribution in [-0.4, -0.2) is 275 Å². The highest BCUT2D eigenvalue weighted by Crippen LogP contribution is 2.36. The third-order valence-electron chi connectivity index (χ3n) is 12.7. The predicted octanol–water partition coefficient (Wildman–Crippen LogP) is 6.60. The molecule has 0 aliphatic rings. The largest absolute Gasteiger partial charge is 0.500 e. The fraction of sp³-hybridized carbons (Fsp3) is 0.913. The lowest BCUT2D eigenvalue weighted by atomic mass is 10.3. The topological polar surface area (TPSA) is 298 Å². The minimum absolute atomic E-state index is 0.0466. The molecule has 0 aromatic carbocycles. The van der Waals surface area contributed by atoms with Gasteiger partial charge in [0.2, 0.25) is 0 Å². The first kappa shape index (κ1) is 89.1. The van der Waals surface area contributed by atoms with Crippen LogP contribution in [0.1, 0.15) is 51.4 Å². The molecule has 0 atom stereocenters. The number of ether oxygens (including phenoxy) is 4. The van der Waals surface area contributed by atoms with E-state index in [1.54, 1.807) is 132 Å². The smallest absolute Gasteiger partial charge is 0.460 e. The second-order valence-corrected chi connectivity index (χ2v) is 38.8. The predicted molar refractivity (Wildman–Crippen MR) is 329 cm³/mol. The van der Waals surface area contributed by atoms with Gasteiger partial charge in [0.25, 0.3) is 0 Å². The van der Waals surface area contributed by atoms with Crippen LogP contribution in [0.25, 0.3) is 4.13 Å². The number of halogens is 6. The maximum absolute atomic E-state index is 13.0. The molecule has 0 radical (unpaired) electrons. The van der Waals surface area contributed by atoms with Crippen LogP contribution in [-0.2, 0) is 111 Å². The lowest BCUT2D eigenvalue weighted by Gasteiger charge is -2.38. The minimum atomic E-state index is -6.72. The molecule has 0 saturated heterocycles. The van der Waals surface area contributed by atoms with Crippen LogP contribution in [0.4, 0.5) is 26.3 Å². The number of rotatable bonds is 54. The number of hydrogen-bond acceptors (Lipinski definition) is 28. The Morgan fingerprint density at radius 3 is 0.693 bits per heavy atom. The number of carbonyl (C=O) groups is 4. The highest BCUT2D eigenvalue weighted by atomic mass is 32.3. The van der Waals surface area contributed by atoms with Gasteiger partial charge >= 0.3 is 70.1 Å². The summed E-state index contributed by atoms with van der Waals surface area (Å²) in [7, 11) is -5.07. The molecule has 524 valence electrons. The van der Waals surface area contributed by atoms with E-state index >= 15 is 0 Å². The molecule has 0 fully saturated rings. The van der Waals surface area contributed by atoms with E-state index in [2.05, 4.69) is 0 Å². The van der Waals surface area contributed by atoms with E-state index in [0.717, 1.165) is 52.8 Å². The molecule has 0 heterocycles. The molecule has 0 aromatic rings. The average molecular weight is 1480 g/mol. The van der Waals surface area contributed by atoms with Crippen LogP contribution in [0.2, 0.25) is 24.2 Å². The Morgan fingerprint density at radius 2 is 0.534 bits per heavy atom. The first-order valence-corrected chi connectivity index (χ1v) is 42.3. The van der Waals surface area contributed by atoms with Crippen LogP contribution >= 0.6 is 47.0 Å². The lowest BCUT2D eigenvalue weighted by molar-refractivity contribution is -0.928. The molecule has 0 aliphatic heterocycles. The van der Waals surface area contributed by atoms with E-state index in [0.29, 0.717) is 73.4 Å². The minimum Gasteiger partial charge on any atom is -0.460 e. The summed E-state index contributed by atoms with van der Waals surface area (Å²) >= 11 is 6.53. The fourth-order valence-corrected chi connectivity index (χ4v) is 20.5. The third kappa shape index (κ3) is 37.2. The maximum atomic E-state index is 13.0. The van der Waals surface area contributed by atoms with Crippen molar-refractivity contribution < 1.29 is 139 Å². The molecule has 0 N–H and O–H groups in total. The number of sulfonamides is 2. The van der Waals surface area contributed by atoms with Crippen LogP contribution < -0.4 is 0 Å². The van der Waals surface area contributed by atoms with Gasteiger partial charge in [-0.1, -0.05) is 0 Å². The number of esters is 4. The van der Waals surface area contributed by atoms with Crippen molar-refractivity contribution in [1.29, 1.82) is 0 Å². The molecule has 0 saturated carbocycles. The second-order valence-electron chi connectivity index (χ2n) is 18.1. The highest BCUT2D eigenvalue weighted by Gasteiger charge is 2.47. The summed E-state index contributed by atoms with van der Waals surface area (Å²) in [6.07, 6.45) is 4.06. The zero-order valence-corrected chi connectivity index (χ0v) is 61.1. The van der Waals surface area contributed by atoms with E-state index in [4.69, 9.17) is 72.1 Å². The van der Waals surface area contributed by atoms with E-state index in [9.17, 15) is 62.4 Å². The van der Waals surface area contributed by atoms with Crippen LogP contribution in [0.3, 0.4) is 0 Å². The Kier molecular flexibility index (Phi) is 48.5. The van der Waals surface area contributed by atoms with E-state index in [1.165, 1.54) is 0 Å². The van der Waals surface area contributed by atoms with Gasteiger partial charge in [0.15, 0.2) is 20.0 Å². The fourth-order valence-electron chi connectivity index (χ4n) is 7.40. The number of nitrogens with zero attached hydrogens (tertiary/aromatic N) is 2. The first-order chi connectivity index (χ1) is 41.3. The van der Waals surface area contributed by atoms with Crippen LogP contribution in [0.15, 0.2) is 0 Å². The van der Waals surface area contributed by atoms with Crippen LogP contribution in [0, 0.1) is 0 Å². The molecule has 0 aliphatic carbocycles.